The number of hydrogen-bond donors (Lipinski definition) is 1. The molecular weight excluding hydrogens is 768 g/mol. The van der Waals surface area contributed by atoms with Crippen LogP contribution in [-0.2, 0) is 0 Å². The van der Waals surface area contributed by atoms with Gasteiger partial charge >= 0.3 is 83.7 Å². The van der Waals surface area contributed by atoms with Gasteiger partial charge in [0.2, 0.25) is 0 Å². The maximum absolute atomic E-state index is 13.6. The van der Waals surface area contributed by atoms with Gasteiger partial charge in [-0.2, -0.15) is 132 Å². The number of nitrogens with zero attached hydrogens (tertiary/aromatic N) is 1. The van der Waals surface area contributed by atoms with Crippen LogP contribution in [0.3, 0.4) is 0 Å². The second-order valence-corrected chi connectivity index (χ2v) is 8.13. The quantitative estimate of drug-likeness (QED) is 0.122. The highest BCUT2D eigenvalue weighted by Gasteiger charge is 2.97. The third-order valence-electron chi connectivity index (χ3n) is 5.15. The number of halogens is 30. The predicted molar refractivity (Wildman–Crippen MR) is 75.1 cm³/mol. The molecule has 0 aliphatic carbocycles. The van der Waals surface area contributed by atoms with E-state index in [-0.39, 0.29) is 0 Å². The second-order valence-electron chi connectivity index (χ2n) is 8.13. The van der Waals surface area contributed by atoms with Crippen LogP contribution in [0, 0.1) is 0 Å². The molecule has 0 aliphatic rings. The summed E-state index contributed by atoms with van der Waals surface area (Å²) < 4.78 is 391. The maximum Gasteiger partial charge on any atom is 0.460 e. The van der Waals surface area contributed by atoms with Crippen molar-refractivity contribution in [1.82, 2.24) is 5.06 Å². The molecule has 0 saturated heterocycles. The van der Waals surface area contributed by atoms with Crippen LogP contribution in [0.1, 0.15) is 0 Å². The van der Waals surface area contributed by atoms with Gasteiger partial charge in [0, 0.05) is 0 Å². The minimum Gasteiger partial charge on any atom is -0.303 e. The van der Waals surface area contributed by atoms with Crippen molar-refractivity contribution in [3.63, 3.8) is 0 Å². The Bertz CT molecular complexity index is 1020. The average molecular weight is 769 g/mol. The van der Waals surface area contributed by atoms with E-state index < -0.39 is 88.7 Å². The SMILES string of the molecule is ON(C(F)(F)C(F)(F)C(F)(F)C(F)(F)C(F)(F)C(F)(F)C(F)(F)F)C(F)(F)C(F)(F)C(F)(F)C(F)(F)C(F)(F)C(F)(F)C(F)(F)F. The number of hydrogen-bond acceptors (Lipinski definition) is 2. The number of hydroxylamine groups is 2. The molecule has 0 spiro atoms. The molecule has 0 heterocycles. The van der Waals surface area contributed by atoms with Crippen molar-refractivity contribution in [2.24, 2.45) is 0 Å². The van der Waals surface area contributed by atoms with Crippen molar-refractivity contribution in [3.05, 3.63) is 0 Å². The largest absolute Gasteiger partial charge is 0.460 e. The lowest BCUT2D eigenvalue weighted by Crippen LogP contribution is -2.78. The summed E-state index contributed by atoms with van der Waals surface area (Å²) in [7, 11) is 0. The van der Waals surface area contributed by atoms with Gasteiger partial charge in [-0.15, -0.1) is 0 Å². The van der Waals surface area contributed by atoms with Gasteiger partial charge in [-0.25, -0.2) is 0 Å². The van der Waals surface area contributed by atoms with Crippen LogP contribution in [0.4, 0.5) is 132 Å². The van der Waals surface area contributed by atoms with E-state index in [1.165, 1.54) is 0 Å². The summed E-state index contributed by atoms with van der Waals surface area (Å²) in [6, 6.07) is -18.6. The van der Waals surface area contributed by atoms with Gasteiger partial charge in [0.05, 0.1) is 0 Å². The van der Waals surface area contributed by atoms with Gasteiger partial charge < -0.3 is 5.21 Å². The normalized spacial score (nSPS) is 17.2. The van der Waals surface area contributed by atoms with Crippen molar-refractivity contribution >= 4 is 0 Å². The zero-order chi connectivity index (χ0) is 38.6. The van der Waals surface area contributed by atoms with E-state index in [9.17, 15) is 132 Å². The molecule has 46 heavy (non-hydrogen) atoms. The Hall–Kier alpha value is -2.18. The Balaban J connectivity index is 7.38. The molecule has 0 fully saturated rings. The summed E-state index contributed by atoms with van der Waals surface area (Å²) in [5, 5.41) is 2.89. The van der Waals surface area contributed by atoms with Crippen LogP contribution in [0.2, 0.25) is 0 Å². The van der Waals surface area contributed by atoms with Crippen LogP contribution in [0.5, 0.6) is 0 Å². The van der Waals surface area contributed by atoms with Crippen molar-refractivity contribution in [3.8, 4) is 0 Å². The Morgan fingerprint density at radius 2 is 0.348 bits per heavy atom. The molecule has 0 aromatic rings. The van der Waals surface area contributed by atoms with E-state index in [0.29, 0.717) is 0 Å². The fourth-order valence-electron chi connectivity index (χ4n) is 2.36. The van der Waals surface area contributed by atoms with Gasteiger partial charge in [0.1, 0.15) is 0 Å². The monoisotopic (exact) mass is 769 g/mol. The van der Waals surface area contributed by atoms with Crippen LogP contribution >= 0.6 is 0 Å². The van der Waals surface area contributed by atoms with Crippen LogP contribution < -0.4 is 0 Å². The first-order chi connectivity index (χ1) is 19.2. The molecule has 0 aromatic carbocycles. The highest BCUT2D eigenvalue weighted by atomic mass is 19.4. The molecule has 2 nitrogen and oxygen atoms in total. The summed E-state index contributed by atoms with van der Waals surface area (Å²) >= 11 is 0. The molecule has 0 amide bonds. The minimum absolute atomic E-state index is 5.31. The molecule has 0 radical (unpaired) electrons. The molecule has 32 heteroatoms. The molecule has 1 N–H and O–H groups in total. The highest BCUT2D eigenvalue weighted by molar-refractivity contribution is 5.15. The summed E-state index contributed by atoms with van der Waals surface area (Å²) in [5.41, 5.74) is 0. The zero-order valence-corrected chi connectivity index (χ0v) is 19.2. The van der Waals surface area contributed by atoms with E-state index in [2.05, 4.69) is 0 Å². The zero-order valence-electron chi connectivity index (χ0n) is 19.2. The first-order valence-corrected chi connectivity index (χ1v) is 9.32. The van der Waals surface area contributed by atoms with Crippen molar-refractivity contribution in [2.75, 3.05) is 0 Å². The van der Waals surface area contributed by atoms with E-state index in [0.717, 1.165) is 0 Å². The van der Waals surface area contributed by atoms with E-state index in [1.807, 2.05) is 0 Å². The Morgan fingerprint density at radius 1 is 0.217 bits per heavy atom. The van der Waals surface area contributed by atoms with E-state index >= 15 is 0 Å². The Morgan fingerprint density at radius 3 is 0.500 bits per heavy atom. The average Bonchev–Trinajstić information content (AvgIpc) is 2.80. The molecular formula is C14HF30NO. The number of rotatable bonds is 12. The minimum atomic E-state index is -9.57. The summed E-state index contributed by atoms with van der Waals surface area (Å²) in [6.07, 6.45) is -16.5. The second kappa shape index (κ2) is 10.4. The van der Waals surface area contributed by atoms with Crippen molar-refractivity contribution < 1.29 is 137 Å². The molecule has 0 rings (SSSR count). The highest BCUT2D eigenvalue weighted by Crippen LogP contribution is 2.66. The van der Waals surface area contributed by atoms with Crippen molar-refractivity contribution in [1.29, 1.82) is 0 Å². The predicted octanol–water partition coefficient (Wildman–Crippen LogP) is 9.34. The number of alkyl halides is 30. The molecule has 0 bridgehead atoms. The lowest BCUT2D eigenvalue weighted by molar-refractivity contribution is -0.527. The van der Waals surface area contributed by atoms with E-state index in [1.54, 1.807) is 0 Å². The summed E-state index contributed by atoms with van der Waals surface area (Å²) in [4.78, 5) is 0. The van der Waals surface area contributed by atoms with Crippen LogP contribution in [-0.4, -0.2) is 93.9 Å². The van der Waals surface area contributed by atoms with Gasteiger partial charge in [-0.1, -0.05) is 5.06 Å². The fraction of sp³-hybridized carbons (Fsp3) is 1.00. The van der Waals surface area contributed by atoms with Gasteiger partial charge in [0.15, 0.2) is 0 Å². The molecule has 0 saturated carbocycles. The van der Waals surface area contributed by atoms with Gasteiger partial charge in [-0.05, 0) is 0 Å². The molecule has 0 aliphatic heterocycles. The topological polar surface area (TPSA) is 23.5 Å². The third kappa shape index (κ3) is 5.02. The van der Waals surface area contributed by atoms with Gasteiger partial charge in [0.25, 0.3) is 0 Å². The fourth-order valence-corrected chi connectivity index (χ4v) is 2.36. The summed E-state index contributed by atoms with van der Waals surface area (Å²) in [6.45, 7) is 0. The van der Waals surface area contributed by atoms with E-state index in [4.69, 9.17) is 5.21 Å². The Kier molecular flexibility index (Phi) is 9.92. The Labute approximate surface area is 227 Å². The van der Waals surface area contributed by atoms with Crippen LogP contribution in [0.15, 0.2) is 0 Å². The first kappa shape index (κ1) is 43.8. The van der Waals surface area contributed by atoms with Crippen molar-refractivity contribution in [2.45, 2.75) is 83.7 Å². The smallest absolute Gasteiger partial charge is 0.303 e. The van der Waals surface area contributed by atoms with Crippen LogP contribution in [0.25, 0.3) is 0 Å². The van der Waals surface area contributed by atoms with Gasteiger partial charge in [-0.3, -0.25) is 0 Å². The molecule has 278 valence electrons. The standard InChI is InChI=1S/C14HF30NO/c15-1(16,3(19,20)7(27,28)11(35,36)37)5(23,24)9(31,32)13(41,42)45(46)14(43,44)10(33,34)6(25,26)2(17,18)4(21,22)8(29,30)12(38,39)40/h46H. The lowest BCUT2D eigenvalue weighted by Gasteiger charge is -2.46. The maximum atomic E-state index is 13.6. The molecule has 0 atom stereocenters. The molecule has 0 aromatic heterocycles. The first-order valence-electron chi connectivity index (χ1n) is 9.32. The molecule has 0 unspecified atom stereocenters. The summed E-state index contributed by atoms with van der Waals surface area (Å²) in [5.74, 6) is -92.9. The third-order valence-corrected chi connectivity index (χ3v) is 5.15. The lowest BCUT2D eigenvalue weighted by atomic mass is 9.91.